The number of amides is 1. The number of nitrogens with one attached hydrogen (secondary N) is 1. The van der Waals surface area contributed by atoms with Crippen molar-refractivity contribution in [2.75, 3.05) is 0 Å². The van der Waals surface area contributed by atoms with Crippen molar-refractivity contribution >= 4 is 27.8 Å². The minimum absolute atomic E-state index is 0.158. The van der Waals surface area contributed by atoms with Crippen molar-refractivity contribution in [2.24, 2.45) is 21.1 Å². The van der Waals surface area contributed by atoms with E-state index in [4.69, 9.17) is 9.40 Å². The zero-order chi connectivity index (χ0) is 31.7. The molecule has 1 amide bonds. The van der Waals surface area contributed by atoms with Crippen molar-refractivity contribution in [2.45, 2.75) is 56.4 Å². The summed E-state index contributed by atoms with van der Waals surface area (Å²) in [6, 6.07) is 14.7. The van der Waals surface area contributed by atoms with Crippen LogP contribution in [0.4, 0.5) is 4.39 Å². The lowest BCUT2D eigenvalue weighted by Gasteiger charge is -2.41. The van der Waals surface area contributed by atoms with E-state index in [9.17, 15) is 14.0 Å². The van der Waals surface area contributed by atoms with Crippen LogP contribution >= 0.6 is 0 Å². The Hall–Kier alpha value is -5.06. The molecular formula is C35H34FN7O3. The molecule has 2 saturated carbocycles. The number of halogens is 1. The number of fused-ring (bicyclic) bond motifs is 2. The van der Waals surface area contributed by atoms with Crippen LogP contribution in [0.1, 0.15) is 72.6 Å². The minimum atomic E-state index is -0.607. The van der Waals surface area contributed by atoms with Crippen molar-refractivity contribution in [1.82, 2.24) is 34.2 Å². The van der Waals surface area contributed by atoms with Gasteiger partial charge in [0.25, 0.3) is 5.91 Å². The number of benzene rings is 2. The SMILES string of the molecule is Cn1nc(-c2ccc3nc(C4(NC(=O)c5ccc6c(C7CCCC7)c(-c7ccc(F)cn7)n(C)c6c5)CCC4)n(C)c3c2)oc1=O. The maximum Gasteiger partial charge on any atom is 0.437 e. The summed E-state index contributed by atoms with van der Waals surface area (Å²) in [6.45, 7) is 0. The van der Waals surface area contributed by atoms with E-state index in [1.54, 1.807) is 13.1 Å². The van der Waals surface area contributed by atoms with Crippen molar-refractivity contribution in [3.63, 3.8) is 0 Å². The van der Waals surface area contributed by atoms with Gasteiger partial charge in [0.05, 0.1) is 34.2 Å². The predicted octanol–water partition coefficient (Wildman–Crippen LogP) is 6.09. The van der Waals surface area contributed by atoms with E-state index in [2.05, 4.69) is 26.0 Å². The number of pyridine rings is 1. The zero-order valence-corrected chi connectivity index (χ0v) is 26.0. The summed E-state index contributed by atoms with van der Waals surface area (Å²) in [5.74, 6) is 0.383. The van der Waals surface area contributed by atoms with E-state index in [1.807, 2.05) is 49.0 Å². The summed E-state index contributed by atoms with van der Waals surface area (Å²) in [6.07, 6.45) is 8.37. The Bertz CT molecular complexity index is 2210. The molecule has 0 aliphatic heterocycles. The lowest BCUT2D eigenvalue weighted by Crippen LogP contribution is -2.52. The third-order valence-corrected chi connectivity index (χ3v) is 10.0. The zero-order valence-electron chi connectivity index (χ0n) is 26.0. The standard InChI is InChI=1S/C35H34FN7O3/c1-41-27-17-21(9-12-24(27)29(20-7-4-5-8-20)30(41)26-14-11-23(36)19-37-26)31(44)39-35(15-6-16-35)33-38-25-13-10-22(18-28(25)42(33)2)32-40-43(3)34(45)46-32/h9-14,17-20H,4-8,15-16H2,1-3H3,(H,39,44). The van der Waals surface area contributed by atoms with Crippen molar-refractivity contribution in [3.8, 4) is 22.8 Å². The second-order valence-corrected chi connectivity index (χ2v) is 12.8. The van der Waals surface area contributed by atoms with Gasteiger partial charge >= 0.3 is 5.76 Å². The highest BCUT2D eigenvalue weighted by molar-refractivity contribution is 6.01. The smallest absolute Gasteiger partial charge is 0.388 e. The number of hydrogen-bond acceptors (Lipinski definition) is 6. The van der Waals surface area contributed by atoms with Crippen molar-refractivity contribution in [3.05, 3.63) is 88.0 Å². The van der Waals surface area contributed by atoms with Gasteiger partial charge in [0.2, 0.25) is 5.89 Å². The molecule has 0 unspecified atom stereocenters. The summed E-state index contributed by atoms with van der Waals surface area (Å²) >= 11 is 0. The number of rotatable bonds is 6. The maximum absolute atomic E-state index is 14.0. The predicted molar refractivity (Wildman–Crippen MR) is 172 cm³/mol. The van der Waals surface area contributed by atoms with Gasteiger partial charge in [-0.25, -0.2) is 14.2 Å². The second-order valence-electron chi connectivity index (χ2n) is 12.8. The number of imidazole rings is 1. The number of aromatic nitrogens is 6. The van der Waals surface area contributed by atoms with Crippen LogP contribution in [0, 0.1) is 5.82 Å². The fraction of sp³-hybridized carbons (Fsp3) is 0.343. The van der Waals surface area contributed by atoms with Gasteiger partial charge in [-0.15, -0.1) is 5.10 Å². The van der Waals surface area contributed by atoms with Gasteiger partial charge in [-0.1, -0.05) is 18.9 Å². The monoisotopic (exact) mass is 619 g/mol. The Kier molecular flexibility index (Phi) is 6.49. The molecule has 4 heterocycles. The van der Waals surface area contributed by atoms with Crippen LogP contribution in [0.25, 0.3) is 44.8 Å². The van der Waals surface area contributed by atoms with Gasteiger partial charge in [0.15, 0.2) is 0 Å². The molecule has 6 aromatic rings. The minimum Gasteiger partial charge on any atom is -0.388 e. The molecule has 2 aliphatic carbocycles. The summed E-state index contributed by atoms with van der Waals surface area (Å²) in [5, 5.41) is 8.65. The second kappa shape index (κ2) is 10.5. The summed E-state index contributed by atoms with van der Waals surface area (Å²) in [5.41, 5.74) is 6.19. The highest BCUT2D eigenvalue weighted by atomic mass is 19.1. The first-order valence-corrected chi connectivity index (χ1v) is 15.8. The highest BCUT2D eigenvalue weighted by Gasteiger charge is 2.44. The summed E-state index contributed by atoms with van der Waals surface area (Å²) in [7, 11) is 5.49. The molecule has 1 N–H and O–H groups in total. The van der Waals surface area contributed by atoms with Gasteiger partial charge in [0.1, 0.15) is 11.6 Å². The molecule has 0 spiro atoms. The fourth-order valence-electron chi connectivity index (χ4n) is 7.50. The number of aryl methyl sites for hydroxylation is 3. The molecule has 0 radical (unpaired) electrons. The van der Waals surface area contributed by atoms with E-state index >= 15 is 0 Å². The Morgan fingerprint density at radius 2 is 1.78 bits per heavy atom. The summed E-state index contributed by atoms with van der Waals surface area (Å²) < 4.78 is 24.4. The van der Waals surface area contributed by atoms with Gasteiger partial charge in [-0.05, 0) is 86.1 Å². The topological polar surface area (TPSA) is 113 Å². The lowest BCUT2D eigenvalue weighted by molar-refractivity contribution is 0.0805. The first-order chi connectivity index (χ1) is 22.2. The van der Waals surface area contributed by atoms with Gasteiger partial charge in [-0.3, -0.25) is 9.78 Å². The van der Waals surface area contributed by atoms with Crippen LogP contribution in [-0.2, 0) is 26.7 Å². The number of carbonyl (C=O) groups is 1. The molecule has 2 aliphatic rings. The Morgan fingerprint density at radius 3 is 2.46 bits per heavy atom. The average molecular weight is 620 g/mol. The molecule has 234 valence electrons. The molecular weight excluding hydrogens is 585 g/mol. The number of hydrogen-bond donors (Lipinski definition) is 1. The maximum atomic E-state index is 14.0. The molecule has 2 fully saturated rings. The molecule has 0 saturated heterocycles. The lowest BCUT2D eigenvalue weighted by atomic mass is 9.75. The van der Waals surface area contributed by atoms with Crippen molar-refractivity contribution in [1.29, 1.82) is 0 Å². The Balaban J connectivity index is 1.15. The fourth-order valence-corrected chi connectivity index (χ4v) is 7.50. The Labute approximate surface area is 263 Å². The van der Waals surface area contributed by atoms with Crippen LogP contribution in [0.15, 0.2) is 63.9 Å². The number of carbonyl (C=O) groups excluding carboxylic acids is 1. The largest absolute Gasteiger partial charge is 0.437 e. The van der Waals surface area contributed by atoms with Crippen molar-refractivity contribution < 1.29 is 13.6 Å². The van der Waals surface area contributed by atoms with Crippen LogP contribution < -0.4 is 11.1 Å². The van der Waals surface area contributed by atoms with Gasteiger partial charge in [-0.2, -0.15) is 4.68 Å². The molecule has 46 heavy (non-hydrogen) atoms. The molecule has 10 nitrogen and oxygen atoms in total. The van der Waals surface area contributed by atoms with E-state index in [1.165, 1.54) is 30.7 Å². The van der Waals surface area contributed by atoms with Gasteiger partial charge < -0.3 is 18.9 Å². The summed E-state index contributed by atoms with van der Waals surface area (Å²) in [4.78, 5) is 35.2. The van der Waals surface area contributed by atoms with Crippen LogP contribution in [0.2, 0.25) is 0 Å². The molecule has 11 heteroatoms. The molecule has 2 aromatic carbocycles. The van der Waals surface area contributed by atoms with E-state index in [-0.39, 0.29) is 17.6 Å². The van der Waals surface area contributed by atoms with Crippen LogP contribution in [0.5, 0.6) is 0 Å². The first-order valence-electron chi connectivity index (χ1n) is 15.8. The first kappa shape index (κ1) is 28.4. The quantitative estimate of drug-likeness (QED) is 0.242. The molecule has 0 bridgehead atoms. The Morgan fingerprint density at radius 1 is 0.978 bits per heavy atom. The number of nitrogens with zero attached hydrogens (tertiary/aromatic N) is 6. The third-order valence-electron chi connectivity index (χ3n) is 10.0. The normalized spacial score (nSPS) is 16.3. The molecule has 8 rings (SSSR count). The van der Waals surface area contributed by atoms with Crippen LogP contribution in [0.3, 0.4) is 0 Å². The van der Waals surface area contributed by atoms with Crippen LogP contribution in [-0.4, -0.2) is 34.8 Å². The average Bonchev–Trinajstić information content (AvgIpc) is 3.82. The van der Waals surface area contributed by atoms with E-state index < -0.39 is 11.3 Å². The highest BCUT2D eigenvalue weighted by Crippen LogP contribution is 2.45. The van der Waals surface area contributed by atoms with E-state index in [0.717, 1.165) is 75.9 Å². The molecule has 0 atom stereocenters. The van der Waals surface area contributed by atoms with E-state index in [0.29, 0.717) is 17.0 Å². The molecule has 4 aromatic heterocycles. The third kappa shape index (κ3) is 4.39. The van der Waals surface area contributed by atoms with Gasteiger partial charge in [0, 0.05) is 43.2 Å².